The number of aryl methyl sites for hydroxylation is 1. The van der Waals surface area contributed by atoms with Crippen LogP contribution in [0.4, 0.5) is 5.00 Å². The molecule has 0 bridgehead atoms. The average Bonchev–Trinajstić information content (AvgIpc) is 2.58. The quantitative estimate of drug-likeness (QED) is 0.760. The van der Waals surface area contributed by atoms with Crippen LogP contribution in [0.25, 0.3) is 0 Å². The van der Waals surface area contributed by atoms with Crippen molar-refractivity contribution in [2.24, 2.45) is 0 Å². The molecule has 0 saturated carbocycles. The first-order valence-electron chi connectivity index (χ1n) is 5.08. The van der Waals surface area contributed by atoms with Gasteiger partial charge in [0.2, 0.25) is 0 Å². The lowest BCUT2D eigenvalue weighted by atomic mass is 10.2. The van der Waals surface area contributed by atoms with Gasteiger partial charge in [-0.1, -0.05) is 0 Å². The summed E-state index contributed by atoms with van der Waals surface area (Å²) in [5.74, 6) is -0.704. The molecule has 0 aliphatic heterocycles. The van der Waals surface area contributed by atoms with Gasteiger partial charge in [-0.15, -0.1) is 11.3 Å². The summed E-state index contributed by atoms with van der Waals surface area (Å²) < 4.78 is 0. The van der Waals surface area contributed by atoms with Crippen LogP contribution in [0.5, 0.6) is 0 Å². The van der Waals surface area contributed by atoms with Crippen LogP contribution in [0, 0.1) is 6.92 Å². The van der Waals surface area contributed by atoms with Gasteiger partial charge in [0.25, 0.3) is 0 Å². The van der Waals surface area contributed by atoms with Crippen LogP contribution in [0.3, 0.4) is 0 Å². The number of hydrogen-bond acceptors (Lipinski definition) is 3. The molecule has 1 rings (SSSR count). The smallest absolute Gasteiger partial charge is 0.303 e. The van der Waals surface area contributed by atoms with Crippen molar-refractivity contribution < 1.29 is 9.90 Å². The summed E-state index contributed by atoms with van der Waals surface area (Å²) in [5.41, 5.74) is 1.29. The summed E-state index contributed by atoms with van der Waals surface area (Å²) in [5, 5.41) is 11.9. The second-order valence-corrected chi connectivity index (χ2v) is 4.58. The van der Waals surface area contributed by atoms with E-state index in [-0.39, 0.29) is 6.42 Å². The summed E-state index contributed by atoms with van der Waals surface area (Å²) in [7, 11) is 2.06. The molecule has 1 aromatic heterocycles. The Bertz CT molecular complexity index is 322. The Morgan fingerprint density at radius 3 is 2.80 bits per heavy atom. The summed E-state index contributed by atoms with van der Waals surface area (Å²) in [6.07, 6.45) is 1.96. The minimum absolute atomic E-state index is 0.275. The molecule has 1 aromatic rings. The number of carboxylic acids is 1. The van der Waals surface area contributed by atoms with Crippen molar-refractivity contribution in [3.63, 3.8) is 0 Å². The molecule has 0 fully saturated rings. The normalized spacial score (nSPS) is 10.3. The van der Waals surface area contributed by atoms with Gasteiger partial charge < -0.3 is 10.0 Å². The van der Waals surface area contributed by atoms with Crippen LogP contribution in [-0.2, 0) is 4.79 Å². The third-order valence-electron chi connectivity index (χ3n) is 2.32. The molecular formula is C11H17NO2S. The molecule has 0 spiro atoms. The van der Waals surface area contributed by atoms with Crippen LogP contribution in [0.1, 0.15) is 24.8 Å². The number of thiophene rings is 1. The Labute approximate surface area is 94.3 Å². The van der Waals surface area contributed by atoms with Crippen LogP contribution in [0.2, 0.25) is 0 Å². The number of nitrogens with zero attached hydrogens (tertiary/aromatic N) is 1. The first-order chi connectivity index (χ1) is 7.11. The van der Waals surface area contributed by atoms with Crippen molar-refractivity contribution in [3.05, 3.63) is 17.0 Å². The van der Waals surface area contributed by atoms with E-state index < -0.39 is 5.97 Å². The predicted molar refractivity (Wildman–Crippen MR) is 63.8 cm³/mol. The van der Waals surface area contributed by atoms with E-state index in [1.165, 1.54) is 10.6 Å². The molecule has 15 heavy (non-hydrogen) atoms. The number of rotatable bonds is 6. The van der Waals surface area contributed by atoms with Gasteiger partial charge in [0.1, 0.15) is 0 Å². The molecule has 0 atom stereocenters. The predicted octanol–water partition coefficient (Wildman–Crippen LogP) is 2.75. The van der Waals surface area contributed by atoms with E-state index in [4.69, 9.17) is 5.11 Å². The molecule has 4 heteroatoms. The monoisotopic (exact) mass is 227 g/mol. The summed E-state index contributed by atoms with van der Waals surface area (Å²) >= 11 is 1.73. The molecule has 3 nitrogen and oxygen atoms in total. The van der Waals surface area contributed by atoms with Crippen LogP contribution in [-0.4, -0.2) is 24.7 Å². The van der Waals surface area contributed by atoms with E-state index in [9.17, 15) is 4.79 Å². The molecule has 1 heterocycles. The molecular weight excluding hydrogens is 210 g/mol. The number of hydrogen-bond donors (Lipinski definition) is 1. The maximum absolute atomic E-state index is 10.3. The van der Waals surface area contributed by atoms with Gasteiger partial charge in [-0.3, -0.25) is 4.79 Å². The van der Waals surface area contributed by atoms with Gasteiger partial charge >= 0.3 is 5.97 Å². The van der Waals surface area contributed by atoms with Crippen molar-refractivity contribution >= 4 is 22.3 Å². The second-order valence-electron chi connectivity index (χ2n) is 3.68. The highest BCUT2D eigenvalue weighted by Gasteiger charge is 2.05. The van der Waals surface area contributed by atoms with Crippen LogP contribution >= 0.6 is 11.3 Å². The average molecular weight is 227 g/mol. The fourth-order valence-electron chi connectivity index (χ4n) is 1.48. The lowest BCUT2D eigenvalue weighted by Gasteiger charge is -2.17. The van der Waals surface area contributed by atoms with Crippen molar-refractivity contribution in [1.29, 1.82) is 0 Å². The summed E-state index contributed by atoms with van der Waals surface area (Å²) in [4.78, 5) is 12.5. The Kier molecular flexibility index (Phi) is 4.62. The number of carbonyl (C=O) groups is 1. The standard InChI is InChI=1S/C11H17NO2S/c1-9-6-8-15-11(9)12(2)7-4-3-5-10(13)14/h6,8H,3-5,7H2,1-2H3,(H,13,14). The first-order valence-corrected chi connectivity index (χ1v) is 5.96. The zero-order valence-electron chi connectivity index (χ0n) is 9.19. The highest BCUT2D eigenvalue weighted by Crippen LogP contribution is 2.25. The lowest BCUT2D eigenvalue weighted by molar-refractivity contribution is -0.137. The van der Waals surface area contributed by atoms with Crippen molar-refractivity contribution in [3.8, 4) is 0 Å². The van der Waals surface area contributed by atoms with E-state index in [0.29, 0.717) is 0 Å². The Balaban J connectivity index is 2.28. The number of aliphatic carboxylic acids is 1. The number of anilines is 1. The van der Waals surface area contributed by atoms with Gasteiger partial charge in [0.15, 0.2) is 0 Å². The molecule has 0 aliphatic carbocycles. The van der Waals surface area contributed by atoms with Gasteiger partial charge in [-0.2, -0.15) is 0 Å². The Morgan fingerprint density at radius 1 is 1.53 bits per heavy atom. The minimum atomic E-state index is -0.704. The van der Waals surface area contributed by atoms with Crippen molar-refractivity contribution in [2.45, 2.75) is 26.2 Å². The molecule has 0 unspecified atom stereocenters. The largest absolute Gasteiger partial charge is 0.481 e. The molecule has 0 aliphatic rings. The van der Waals surface area contributed by atoms with E-state index in [0.717, 1.165) is 19.4 Å². The summed E-state index contributed by atoms with van der Waals surface area (Å²) in [6.45, 7) is 3.02. The molecule has 0 aromatic carbocycles. The molecule has 1 N–H and O–H groups in total. The second kappa shape index (κ2) is 5.75. The summed E-state index contributed by atoms with van der Waals surface area (Å²) in [6, 6.07) is 2.10. The van der Waals surface area contributed by atoms with E-state index in [1.54, 1.807) is 11.3 Å². The van der Waals surface area contributed by atoms with Crippen LogP contribution < -0.4 is 4.90 Å². The molecule has 0 amide bonds. The van der Waals surface area contributed by atoms with Crippen molar-refractivity contribution in [2.75, 3.05) is 18.5 Å². The fraction of sp³-hybridized carbons (Fsp3) is 0.545. The number of unbranched alkanes of at least 4 members (excludes halogenated alkanes) is 1. The third-order valence-corrected chi connectivity index (χ3v) is 3.44. The van der Waals surface area contributed by atoms with Crippen LogP contribution in [0.15, 0.2) is 11.4 Å². The Hall–Kier alpha value is -1.03. The van der Waals surface area contributed by atoms with Gasteiger partial charge in [-0.05, 0) is 36.8 Å². The lowest BCUT2D eigenvalue weighted by Crippen LogP contribution is -2.18. The van der Waals surface area contributed by atoms with E-state index >= 15 is 0 Å². The van der Waals surface area contributed by atoms with Crippen molar-refractivity contribution in [1.82, 2.24) is 0 Å². The third kappa shape index (κ3) is 3.91. The SMILES string of the molecule is Cc1ccsc1N(C)CCCCC(=O)O. The molecule has 0 saturated heterocycles. The first kappa shape index (κ1) is 12.0. The molecule has 84 valence electrons. The van der Waals surface area contributed by atoms with Gasteiger partial charge in [-0.25, -0.2) is 0 Å². The topological polar surface area (TPSA) is 40.5 Å². The highest BCUT2D eigenvalue weighted by molar-refractivity contribution is 7.14. The fourth-order valence-corrected chi connectivity index (χ4v) is 2.41. The zero-order chi connectivity index (χ0) is 11.3. The highest BCUT2D eigenvalue weighted by atomic mass is 32.1. The zero-order valence-corrected chi connectivity index (χ0v) is 10.0. The van der Waals surface area contributed by atoms with Gasteiger partial charge in [0, 0.05) is 20.0 Å². The van der Waals surface area contributed by atoms with E-state index in [2.05, 4.69) is 30.3 Å². The number of carboxylic acid groups (broad SMARTS) is 1. The minimum Gasteiger partial charge on any atom is -0.481 e. The maximum Gasteiger partial charge on any atom is 0.303 e. The maximum atomic E-state index is 10.3. The van der Waals surface area contributed by atoms with Gasteiger partial charge in [0.05, 0.1) is 5.00 Å². The molecule has 0 radical (unpaired) electrons. The van der Waals surface area contributed by atoms with E-state index in [1.807, 2.05) is 0 Å². The Morgan fingerprint density at radius 2 is 2.27 bits per heavy atom.